The van der Waals surface area contributed by atoms with Gasteiger partial charge in [0.15, 0.2) is 0 Å². The van der Waals surface area contributed by atoms with Crippen molar-refractivity contribution >= 4 is 0 Å². The average Bonchev–Trinajstić information content (AvgIpc) is 2.87. The Bertz CT molecular complexity index is 1330. The van der Waals surface area contributed by atoms with E-state index >= 15 is 0 Å². The number of aliphatic hydroxyl groups excluding tert-OH is 2. The van der Waals surface area contributed by atoms with E-state index in [0.29, 0.717) is 6.42 Å². The van der Waals surface area contributed by atoms with Gasteiger partial charge in [-0.25, -0.2) is 0 Å². The van der Waals surface area contributed by atoms with Gasteiger partial charge in [0, 0.05) is 5.41 Å². The van der Waals surface area contributed by atoms with Crippen molar-refractivity contribution in [2.75, 3.05) is 0 Å². The van der Waals surface area contributed by atoms with E-state index in [2.05, 4.69) is 90.2 Å². The molecule has 2 aliphatic rings. The molecule has 3 atom stereocenters. The Balaban J connectivity index is 1.93. The quantitative estimate of drug-likeness (QED) is 0.177. The third-order valence-corrected chi connectivity index (χ3v) is 8.64. The molecule has 3 nitrogen and oxygen atoms in total. The summed E-state index contributed by atoms with van der Waals surface area (Å²) in [7, 11) is 0. The summed E-state index contributed by atoms with van der Waals surface area (Å²) in [5.74, 6) is 0. The van der Waals surface area contributed by atoms with E-state index in [9.17, 15) is 15.3 Å². The van der Waals surface area contributed by atoms with Crippen molar-refractivity contribution < 1.29 is 15.3 Å². The van der Waals surface area contributed by atoms with E-state index in [1.54, 1.807) is 6.08 Å². The molecule has 2 rings (SSSR count). The normalized spacial score (nSPS) is 28.0. The van der Waals surface area contributed by atoms with Gasteiger partial charge in [-0.15, -0.1) is 0 Å². The van der Waals surface area contributed by atoms with Crippen LogP contribution in [0.1, 0.15) is 88.5 Å². The number of hydrogen-bond acceptors (Lipinski definition) is 3. The minimum absolute atomic E-state index is 0.00435. The van der Waals surface area contributed by atoms with Gasteiger partial charge in [0.1, 0.15) is 5.60 Å². The van der Waals surface area contributed by atoms with Crippen LogP contribution in [-0.4, -0.2) is 33.1 Å². The van der Waals surface area contributed by atoms with Crippen LogP contribution >= 0.6 is 0 Å². The van der Waals surface area contributed by atoms with Crippen molar-refractivity contribution in [1.82, 2.24) is 0 Å². The third-order valence-electron chi connectivity index (χ3n) is 8.64. The van der Waals surface area contributed by atoms with Crippen LogP contribution in [0.3, 0.4) is 0 Å². The van der Waals surface area contributed by atoms with Crippen LogP contribution in [0.5, 0.6) is 0 Å². The van der Waals surface area contributed by atoms with E-state index in [0.717, 1.165) is 29.6 Å². The van der Waals surface area contributed by atoms with Crippen LogP contribution in [0.2, 0.25) is 0 Å². The van der Waals surface area contributed by atoms with Crippen LogP contribution in [-0.2, 0) is 0 Å². The highest BCUT2D eigenvalue weighted by Crippen LogP contribution is 2.45. The fraction of sp³-hybridized carbons (Fsp3) is 0.450. The lowest BCUT2D eigenvalue weighted by Crippen LogP contribution is -2.48. The maximum atomic E-state index is 11.3. The zero-order chi connectivity index (χ0) is 32.4. The lowest BCUT2D eigenvalue weighted by atomic mass is 9.64. The summed E-state index contributed by atoms with van der Waals surface area (Å²) < 4.78 is 0. The van der Waals surface area contributed by atoms with Gasteiger partial charge in [-0.3, -0.25) is 0 Å². The Morgan fingerprint density at radius 1 is 0.721 bits per heavy atom. The van der Waals surface area contributed by atoms with E-state index in [1.807, 2.05) is 64.2 Å². The zero-order valence-electron chi connectivity index (χ0n) is 28.3. The third kappa shape index (κ3) is 10.9. The maximum Gasteiger partial charge on any atom is 0.109 e. The van der Waals surface area contributed by atoms with Crippen LogP contribution in [0, 0.1) is 10.8 Å². The van der Waals surface area contributed by atoms with E-state index in [1.165, 1.54) is 22.3 Å². The highest BCUT2D eigenvalue weighted by Gasteiger charge is 2.46. The Hall–Kier alpha value is -2.98. The molecule has 3 N–H and O–H groups in total. The van der Waals surface area contributed by atoms with Gasteiger partial charge < -0.3 is 15.3 Å². The summed E-state index contributed by atoms with van der Waals surface area (Å²) in [6.07, 6.45) is 32.0. The first-order valence-corrected chi connectivity index (χ1v) is 15.5. The summed E-state index contributed by atoms with van der Waals surface area (Å²) >= 11 is 0. The molecule has 0 saturated carbocycles. The van der Waals surface area contributed by atoms with Gasteiger partial charge in [0.2, 0.25) is 0 Å². The summed E-state index contributed by atoms with van der Waals surface area (Å²) in [6.45, 7) is 20.7. The lowest BCUT2D eigenvalue weighted by Gasteiger charge is -2.46. The predicted octanol–water partition coefficient (Wildman–Crippen LogP) is 9.52. The summed E-state index contributed by atoms with van der Waals surface area (Å²) in [5, 5.41) is 31.5. The Kier molecular flexibility index (Phi) is 13.2. The Morgan fingerprint density at radius 2 is 1.21 bits per heavy atom. The summed E-state index contributed by atoms with van der Waals surface area (Å²) in [4.78, 5) is 0. The van der Waals surface area contributed by atoms with Crippen molar-refractivity contribution in [2.24, 2.45) is 10.8 Å². The van der Waals surface area contributed by atoms with E-state index < -0.39 is 17.1 Å². The first kappa shape index (κ1) is 36.2. The number of aliphatic hydroxyl groups is 3. The van der Waals surface area contributed by atoms with Crippen molar-refractivity contribution in [3.63, 3.8) is 0 Å². The topological polar surface area (TPSA) is 60.7 Å². The van der Waals surface area contributed by atoms with Crippen LogP contribution in [0.4, 0.5) is 0 Å². The molecule has 43 heavy (non-hydrogen) atoms. The molecule has 0 fully saturated rings. The molecule has 0 spiro atoms. The summed E-state index contributed by atoms with van der Waals surface area (Å²) in [5.41, 5.74) is 6.41. The van der Waals surface area contributed by atoms with Crippen LogP contribution < -0.4 is 0 Å². The van der Waals surface area contributed by atoms with Gasteiger partial charge in [-0.05, 0) is 83.4 Å². The fourth-order valence-corrected chi connectivity index (χ4v) is 6.03. The van der Waals surface area contributed by atoms with Crippen molar-refractivity contribution in [3.8, 4) is 0 Å². The monoisotopic (exact) mass is 584 g/mol. The molecule has 234 valence electrons. The van der Waals surface area contributed by atoms with Crippen LogP contribution in [0.25, 0.3) is 0 Å². The minimum atomic E-state index is -1.08. The average molecular weight is 585 g/mol. The molecular weight excluding hydrogens is 528 g/mol. The number of rotatable bonds is 10. The molecule has 3 heteroatoms. The first-order valence-electron chi connectivity index (χ1n) is 15.5. The molecule has 2 aliphatic carbocycles. The highest BCUT2D eigenvalue weighted by atomic mass is 16.3. The van der Waals surface area contributed by atoms with Crippen LogP contribution in [0.15, 0.2) is 130 Å². The lowest BCUT2D eigenvalue weighted by molar-refractivity contribution is -0.0292. The van der Waals surface area contributed by atoms with Gasteiger partial charge in [-0.2, -0.15) is 0 Å². The fourth-order valence-electron chi connectivity index (χ4n) is 6.03. The minimum Gasteiger partial charge on any atom is -0.393 e. The molecule has 0 saturated heterocycles. The van der Waals surface area contributed by atoms with Crippen molar-refractivity contribution in [1.29, 1.82) is 0 Å². The molecule has 0 amide bonds. The van der Waals surface area contributed by atoms with Gasteiger partial charge >= 0.3 is 0 Å². The highest BCUT2D eigenvalue weighted by molar-refractivity contribution is 5.39. The number of hydrogen-bond donors (Lipinski definition) is 3. The predicted molar refractivity (Wildman–Crippen MR) is 186 cm³/mol. The standard InChI is InChI=1S/C40H56O3/c1-29(17-13-19-31(3)21-22-37-33(5)25-35(41)27-38(37,7)8)15-11-12-16-30(2)18-14-20-32(4)23-24-40(43)34(6)26-36(42)28-39(40,9)10/h11-24,26,35-36,41-43H,25,27-28H2,1-10H3/b12-11+,17-13+,18-14+,22-21+,24-23+,29-15+,30-16+,31-19+,32-20+/t35-,36-,40+/m1/s1. The second kappa shape index (κ2) is 15.7. The Morgan fingerprint density at radius 3 is 1.72 bits per heavy atom. The van der Waals surface area contributed by atoms with Gasteiger partial charge in [-0.1, -0.05) is 141 Å². The molecule has 0 heterocycles. The second-order valence-electron chi connectivity index (χ2n) is 13.8. The Labute approximate surface area is 262 Å². The molecule has 0 aromatic rings. The molecule has 0 aromatic heterocycles. The second-order valence-corrected chi connectivity index (χ2v) is 13.8. The first-order chi connectivity index (χ1) is 20.0. The maximum absolute atomic E-state index is 11.3. The van der Waals surface area contributed by atoms with E-state index in [-0.39, 0.29) is 11.5 Å². The van der Waals surface area contributed by atoms with Gasteiger partial charge in [0.05, 0.1) is 12.2 Å². The largest absolute Gasteiger partial charge is 0.393 e. The van der Waals surface area contributed by atoms with Crippen molar-refractivity contribution in [2.45, 2.75) is 106 Å². The molecular formula is C40H56O3. The van der Waals surface area contributed by atoms with E-state index in [4.69, 9.17) is 0 Å². The SMILES string of the molecule is CC1=C[C@@H](O)CC(C)(C)[C@]1(O)/C=C/C(C)=C/C=C/C(C)=C/C=C/C=C(C)/C=C/C=C(C)/C=C/C1=C(C)C[C@@H](O)CC1(C)C. The molecule has 0 radical (unpaired) electrons. The molecule has 0 aliphatic heterocycles. The molecule has 0 unspecified atom stereocenters. The van der Waals surface area contributed by atoms with Crippen molar-refractivity contribution in [3.05, 3.63) is 130 Å². The smallest absolute Gasteiger partial charge is 0.109 e. The summed E-state index contributed by atoms with van der Waals surface area (Å²) in [6, 6.07) is 0. The van der Waals surface area contributed by atoms with Gasteiger partial charge in [0.25, 0.3) is 0 Å². The molecule has 0 aromatic carbocycles. The molecule has 0 bridgehead atoms. The number of allylic oxidation sites excluding steroid dienone is 18. The zero-order valence-corrected chi connectivity index (χ0v) is 28.3.